The molecule has 0 saturated carbocycles. The van der Waals surface area contributed by atoms with Gasteiger partial charge in [-0.1, -0.05) is 12.2 Å². The molecule has 10 rings (SSSR count). The van der Waals surface area contributed by atoms with Crippen molar-refractivity contribution in [2.45, 2.75) is 50.0 Å². The number of ether oxygens (including phenoxy) is 2. The fourth-order valence-electron chi connectivity index (χ4n) is 8.89. The molecule has 0 spiro atoms. The highest BCUT2D eigenvalue weighted by atomic mass is 32.3. The summed E-state index contributed by atoms with van der Waals surface area (Å²) in [7, 11) is -1.34. The van der Waals surface area contributed by atoms with Gasteiger partial charge in [-0.15, -0.1) is 13.2 Å². The predicted molar refractivity (Wildman–Crippen MR) is 204 cm³/mol. The van der Waals surface area contributed by atoms with E-state index in [2.05, 4.69) is 45.1 Å². The highest BCUT2D eigenvalue weighted by molar-refractivity contribution is 7.79. The summed E-state index contributed by atoms with van der Waals surface area (Å²) in [5, 5.41) is 24.3. The van der Waals surface area contributed by atoms with Crippen molar-refractivity contribution in [2.24, 2.45) is 23.7 Å². The molecule has 0 radical (unpaired) electrons. The number of benzene rings is 2. The number of pyridine rings is 2. The molecule has 4 N–H and O–H groups in total. The minimum absolute atomic E-state index is 0.178. The van der Waals surface area contributed by atoms with Gasteiger partial charge in [-0.2, -0.15) is 8.42 Å². The first kappa shape index (κ1) is 38.8. The molecule has 4 aromatic rings. The molecule has 2 aromatic heterocycles. The van der Waals surface area contributed by atoms with Gasteiger partial charge in [0.1, 0.15) is 11.5 Å². The molecule has 0 amide bonds. The van der Waals surface area contributed by atoms with Gasteiger partial charge in [0, 0.05) is 48.3 Å². The van der Waals surface area contributed by atoms with E-state index < -0.39 is 22.6 Å². The van der Waals surface area contributed by atoms with Crippen molar-refractivity contribution >= 4 is 32.2 Å². The molecular weight excluding hydrogens is 697 g/mol. The molecule has 6 aliphatic rings. The van der Waals surface area contributed by atoms with Gasteiger partial charge in [-0.05, 0) is 122 Å². The van der Waals surface area contributed by atoms with Crippen LogP contribution in [0.25, 0.3) is 21.8 Å². The number of rotatable bonds is 8. The number of hydrogen-bond donors (Lipinski definition) is 4. The van der Waals surface area contributed by atoms with E-state index in [1.807, 2.05) is 48.5 Å². The van der Waals surface area contributed by atoms with Crippen molar-refractivity contribution in [3.63, 3.8) is 0 Å². The molecule has 284 valence electrons. The van der Waals surface area contributed by atoms with E-state index in [-0.39, 0.29) is 12.1 Å². The van der Waals surface area contributed by atoms with Crippen LogP contribution in [0, 0.1) is 23.7 Å². The number of aliphatic hydroxyl groups excluding tert-OH is 2. The fraction of sp³-hybridized carbons (Fsp3) is 0.450. The summed E-state index contributed by atoms with van der Waals surface area (Å²) in [6.45, 7) is 12.1. The van der Waals surface area contributed by atoms with Crippen LogP contribution in [0.5, 0.6) is 11.5 Å². The summed E-state index contributed by atoms with van der Waals surface area (Å²) in [5.41, 5.74) is 3.69. The van der Waals surface area contributed by atoms with Crippen LogP contribution in [0.4, 0.5) is 0 Å². The molecule has 13 heteroatoms. The SMILES string of the molecule is C=C[C@H]1CN2CC[C@H]1C[C@H]2[C@@H](O)c1ccnc2ccc(OC)cc12.C=C[C@H]1CN2CC[C@H]1C[C@H]2[C@@H](O)c1ccnc2ccc(OC)cc12.O=S(=O)(O)O. The van der Waals surface area contributed by atoms with Crippen molar-refractivity contribution in [1.82, 2.24) is 19.8 Å². The Balaban J connectivity index is 0.000000161. The monoisotopic (exact) mass is 746 g/mol. The number of nitrogens with zero attached hydrogens (tertiary/aromatic N) is 4. The molecule has 10 atom stereocenters. The Morgan fingerprint density at radius 1 is 0.736 bits per heavy atom. The number of aromatic nitrogens is 2. The Bertz CT molecular complexity index is 1890. The lowest BCUT2D eigenvalue weighted by Crippen LogP contribution is -2.54. The molecular formula is C40H50N4O8S. The first-order valence-electron chi connectivity index (χ1n) is 18.1. The molecule has 53 heavy (non-hydrogen) atoms. The topological polar surface area (TPSA) is 166 Å². The maximum atomic E-state index is 11.2. The predicted octanol–water partition coefficient (Wildman–Crippen LogP) is 5.69. The van der Waals surface area contributed by atoms with Gasteiger partial charge in [0.05, 0.1) is 37.5 Å². The van der Waals surface area contributed by atoms with E-state index in [1.165, 1.54) is 12.8 Å². The Kier molecular flexibility index (Phi) is 12.1. The number of fused-ring (bicyclic) bond motifs is 8. The minimum Gasteiger partial charge on any atom is -0.497 e. The van der Waals surface area contributed by atoms with Gasteiger partial charge in [-0.25, -0.2) is 0 Å². The Morgan fingerprint density at radius 2 is 1.13 bits per heavy atom. The second kappa shape index (κ2) is 16.6. The average molecular weight is 747 g/mol. The van der Waals surface area contributed by atoms with Gasteiger partial charge in [-0.3, -0.25) is 28.9 Å². The lowest BCUT2D eigenvalue weighted by atomic mass is 9.73. The van der Waals surface area contributed by atoms with E-state index >= 15 is 0 Å². The molecule has 2 aromatic carbocycles. The largest absolute Gasteiger partial charge is 0.497 e. The van der Waals surface area contributed by atoms with Gasteiger partial charge in [0.2, 0.25) is 0 Å². The van der Waals surface area contributed by atoms with E-state index in [4.69, 9.17) is 27.0 Å². The van der Waals surface area contributed by atoms with Crippen molar-refractivity contribution in [3.8, 4) is 11.5 Å². The smallest absolute Gasteiger partial charge is 0.394 e. The highest BCUT2D eigenvalue weighted by Crippen LogP contribution is 2.43. The Labute approximate surface area is 311 Å². The highest BCUT2D eigenvalue weighted by Gasteiger charge is 2.43. The molecule has 6 fully saturated rings. The van der Waals surface area contributed by atoms with Crippen molar-refractivity contribution in [2.75, 3.05) is 40.4 Å². The van der Waals surface area contributed by atoms with Crippen LogP contribution < -0.4 is 9.47 Å². The van der Waals surface area contributed by atoms with Crippen LogP contribution in [-0.2, 0) is 10.4 Å². The van der Waals surface area contributed by atoms with E-state index in [0.29, 0.717) is 23.7 Å². The van der Waals surface area contributed by atoms with Gasteiger partial charge in [0.25, 0.3) is 0 Å². The molecule has 6 saturated heterocycles. The van der Waals surface area contributed by atoms with Crippen molar-refractivity contribution in [1.29, 1.82) is 0 Å². The van der Waals surface area contributed by atoms with Gasteiger partial charge in [0.15, 0.2) is 0 Å². The van der Waals surface area contributed by atoms with Gasteiger partial charge >= 0.3 is 10.4 Å². The average Bonchev–Trinajstić information content (AvgIpc) is 3.19. The van der Waals surface area contributed by atoms with Crippen LogP contribution in [0.1, 0.15) is 49.0 Å². The van der Waals surface area contributed by atoms with E-state index in [1.54, 1.807) is 26.6 Å². The normalized spacial score (nSPS) is 28.5. The first-order valence-corrected chi connectivity index (χ1v) is 19.5. The molecule has 6 aliphatic heterocycles. The lowest BCUT2D eigenvalue weighted by Gasteiger charge is -2.50. The zero-order chi connectivity index (χ0) is 37.9. The zero-order valence-corrected chi connectivity index (χ0v) is 31.1. The number of aliphatic hydroxyl groups is 2. The summed E-state index contributed by atoms with van der Waals surface area (Å²) >= 11 is 0. The second-order valence-corrected chi connectivity index (χ2v) is 15.3. The standard InChI is InChI=1S/2C20H24N2O2.H2O4S/c2*1-3-13-12-22-9-7-14(13)10-19(22)20(23)16-6-8-21-18-5-4-15(24-2)11-17(16)18;1-5(2,3)4/h2*3-6,8,11,13-14,19-20,23H,1,7,9-10,12H2,2H3;(H2,1,2,3,4)/t2*13-,14-,19-,20-;/m00./s1. The maximum Gasteiger partial charge on any atom is 0.394 e. The minimum atomic E-state index is -4.67. The first-order chi connectivity index (χ1) is 25.4. The molecule has 0 aliphatic carbocycles. The van der Waals surface area contributed by atoms with Crippen LogP contribution in [0.15, 0.2) is 86.2 Å². The molecule has 12 nitrogen and oxygen atoms in total. The Morgan fingerprint density at radius 3 is 1.45 bits per heavy atom. The van der Waals surface area contributed by atoms with Crippen LogP contribution in [0.3, 0.4) is 0 Å². The fourth-order valence-corrected chi connectivity index (χ4v) is 8.89. The van der Waals surface area contributed by atoms with Crippen molar-refractivity contribution < 1.29 is 37.2 Å². The summed E-state index contributed by atoms with van der Waals surface area (Å²) in [6.07, 6.45) is 11.2. The quantitative estimate of drug-likeness (QED) is 0.129. The lowest BCUT2D eigenvalue weighted by molar-refractivity contribution is -0.0445. The summed E-state index contributed by atoms with van der Waals surface area (Å²) < 4.78 is 42.3. The van der Waals surface area contributed by atoms with Gasteiger partial charge < -0.3 is 19.7 Å². The molecule has 4 bridgehead atoms. The Hall–Kier alpha value is -3.95. The number of methoxy groups -OCH3 is 2. The third-order valence-corrected chi connectivity index (χ3v) is 11.6. The number of hydrogen-bond acceptors (Lipinski definition) is 10. The molecule has 2 unspecified atom stereocenters. The molecule has 8 heterocycles. The zero-order valence-electron chi connectivity index (χ0n) is 30.2. The maximum absolute atomic E-state index is 11.2. The summed E-state index contributed by atoms with van der Waals surface area (Å²) in [4.78, 5) is 13.7. The second-order valence-electron chi connectivity index (χ2n) is 14.4. The summed E-state index contributed by atoms with van der Waals surface area (Å²) in [5.74, 6) is 4.01. The number of piperidine rings is 6. The summed E-state index contributed by atoms with van der Waals surface area (Å²) in [6, 6.07) is 15.9. The van der Waals surface area contributed by atoms with Crippen LogP contribution in [-0.4, -0.2) is 100.0 Å². The van der Waals surface area contributed by atoms with Crippen LogP contribution >= 0.6 is 0 Å². The third-order valence-electron chi connectivity index (χ3n) is 11.6. The third kappa shape index (κ3) is 8.73. The van der Waals surface area contributed by atoms with Crippen LogP contribution in [0.2, 0.25) is 0 Å². The van der Waals surface area contributed by atoms with E-state index in [9.17, 15) is 10.2 Å². The van der Waals surface area contributed by atoms with E-state index in [0.717, 1.165) is 83.5 Å². The van der Waals surface area contributed by atoms with Crippen molar-refractivity contribution in [3.05, 3.63) is 97.4 Å².